The number of nitrogens with zero attached hydrogens (tertiary/aromatic N) is 3. The predicted molar refractivity (Wildman–Crippen MR) is 95.8 cm³/mol. The molecule has 0 spiro atoms. The zero-order valence-corrected chi connectivity index (χ0v) is 14.5. The fourth-order valence-corrected chi connectivity index (χ4v) is 4.40. The molecule has 1 amide bonds. The van der Waals surface area contributed by atoms with Crippen molar-refractivity contribution in [2.75, 3.05) is 11.4 Å². The SMILES string of the molecule is O=C1CC(c2nc(-c3cccs3)no2)CN1c1ccc2c(c1)CCC2. The number of thiophene rings is 1. The third-order valence-corrected chi connectivity index (χ3v) is 5.92. The molecule has 0 N–H and O–H groups in total. The first-order chi connectivity index (χ1) is 12.3. The van der Waals surface area contributed by atoms with Gasteiger partial charge in [-0.25, -0.2) is 0 Å². The zero-order valence-electron chi connectivity index (χ0n) is 13.6. The molecular weight excluding hydrogens is 334 g/mol. The summed E-state index contributed by atoms with van der Waals surface area (Å²) in [5.41, 5.74) is 3.79. The van der Waals surface area contributed by atoms with Crippen LogP contribution in [0.1, 0.15) is 35.8 Å². The number of amides is 1. The lowest BCUT2D eigenvalue weighted by atomic mass is 10.1. The number of fused-ring (bicyclic) bond motifs is 1. The summed E-state index contributed by atoms with van der Waals surface area (Å²) in [4.78, 5) is 19.9. The Balaban J connectivity index is 1.38. The number of aromatic nitrogens is 2. The molecule has 1 unspecified atom stereocenters. The van der Waals surface area contributed by atoms with Crippen LogP contribution in [0.4, 0.5) is 5.69 Å². The molecule has 2 aromatic heterocycles. The highest BCUT2D eigenvalue weighted by atomic mass is 32.1. The van der Waals surface area contributed by atoms with Crippen LogP contribution in [0.25, 0.3) is 10.7 Å². The molecule has 25 heavy (non-hydrogen) atoms. The summed E-state index contributed by atoms with van der Waals surface area (Å²) >= 11 is 1.58. The van der Waals surface area contributed by atoms with Crippen molar-refractivity contribution in [3.63, 3.8) is 0 Å². The number of benzene rings is 1. The van der Waals surface area contributed by atoms with Gasteiger partial charge in [0, 0.05) is 18.7 Å². The summed E-state index contributed by atoms with van der Waals surface area (Å²) in [6.07, 6.45) is 3.90. The molecular formula is C19H17N3O2S. The van der Waals surface area contributed by atoms with Crippen LogP contribution in [-0.2, 0) is 17.6 Å². The second-order valence-corrected chi connectivity index (χ2v) is 7.59. The molecule has 0 bridgehead atoms. The average molecular weight is 351 g/mol. The molecule has 126 valence electrons. The lowest BCUT2D eigenvalue weighted by molar-refractivity contribution is -0.117. The molecule has 6 heteroatoms. The Morgan fingerprint density at radius 3 is 3.00 bits per heavy atom. The molecule has 1 atom stereocenters. The first-order valence-electron chi connectivity index (χ1n) is 8.57. The van der Waals surface area contributed by atoms with Gasteiger partial charge in [-0.2, -0.15) is 4.98 Å². The van der Waals surface area contributed by atoms with E-state index in [0.717, 1.165) is 23.4 Å². The lowest BCUT2D eigenvalue weighted by Crippen LogP contribution is -2.24. The summed E-state index contributed by atoms with van der Waals surface area (Å²) < 4.78 is 5.45. The van der Waals surface area contributed by atoms with E-state index in [4.69, 9.17) is 4.52 Å². The Morgan fingerprint density at radius 1 is 1.20 bits per heavy atom. The molecule has 0 saturated carbocycles. The molecule has 3 heterocycles. The van der Waals surface area contributed by atoms with Crippen molar-refractivity contribution in [3.8, 4) is 10.7 Å². The third-order valence-electron chi connectivity index (χ3n) is 5.05. The maximum Gasteiger partial charge on any atom is 0.232 e. The van der Waals surface area contributed by atoms with E-state index in [0.29, 0.717) is 24.7 Å². The Hall–Kier alpha value is -2.47. The van der Waals surface area contributed by atoms with Crippen molar-refractivity contribution in [3.05, 3.63) is 52.7 Å². The van der Waals surface area contributed by atoms with Gasteiger partial charge >= 0.3 is 0 Å². The van der Waals surface area contributed by atoms with Crippen LogP contribution in [0.2, 0.25) is 0 Å². The van der Waals surface area contributed by atoms with Crippen molar-refractivity contribution >= 4 is 22.9 Å². The van der Waals surface area contributed by atoms with E-state index < -0.39 is 0 Å². The maximum atomic E-state index is 12.5. The summed E-state index contributed by atoms with van der Waals surface area (Å²) in [5.74, 6) is 1.25. The maximum absolute atomic E-state index is 12.5. The lowest BCUT2D eigenvalue weighted by Gasteiger charge is -2.17. The summed E-state index contributed by atoms with van der Waals surface area (Å²) in [5, 5.41) is 6.05. The molecule has 1 fully saturated rings. The highest BCUT2D eigenvalue weighted by Crippen LogP contribution is 2.34. The highest BCUT2D eigenvalue weighted by Gasteiger charge is 2.35. The van der Waals surface area contributed by atoms with E-state index in [1.165, 1.54) is 17.5 Å². The fraction of sp³-hybridized carbons (Fsp3) is 0.316. The topological polar surface area (TPSA) is 59.2 Å². The van der Waals surface area contributed by atoms with Crippen LogP contribution in [-0.4, -0.2) is 22.6 Å². The van der Waals surface area contributed by atoms with Crippen molar-refractivity contribution in [1.82, 2.24) is 10.1 Å². The summed E-state index contributed by atoms with van der Waals surface area (Å²) in [7, 11) is 0. The van der Waals surface area contributed by atoms with Gasteiger partial charge in [0.25, 0.3) is 0 Å². The third kappa shape index (κ3) is 2.57. The van der Waals surface area contributed by atoms with Crippen molar-refractivity contribution < 1.29 is 9.32 Å². The minimum atomic E-state index is -0.0398. The van der Waals surface area contributed by atoms with Gasteiger partial charge in [0.1, 0.15) is 0 Å². The number of hydrogen-bond acceptors (Lipinski definition) is 5. The minimum absolute atomic E-state index is 0.0398. The van der Waals surface area contributed by atoms with E-state index in [1.54, 1.807) is 11.3 Å². The van der Waals surface area contributed by atoms with E-state index in [9.17, 15) is 4.79 Å². The number of carbonyl (C=O) groups excluding carboxylic acids is 1. The van der Waals surface area contributed by atoms with Crippen molar-refractivity contribution in [1.29, 1.82) is 0 Å². The van der Waals surface area contributed by atoms with E-state index in [1.807, 2.05) is 22.4 Å². The van der Waals surface area contributed by atoms with Crippen LogP contribution >= 0.6 is 11.3 Å². The number of rotatable bonds is 3. The highest BCUT2D eigenvalue weighted by molar-refractivity contribution is 7.13. The molecule has 5 nitrogen and oxygen atoms in total. The molecule has 3 aromatic rings. The molecule has 1 aromatic carbocycles. The zero-order chi connectivity index (χ0) is 16.8. The van der Waals surface area contributed by atoms with E-state index in [-0.39, 0.29) is 11.8 Å². The van der Waals surface area contributed by atoms with Gasteiger partial charge in [-0.15, -0.1) is 11.3 Å². The average Bonchev–Trinajstić information content (AvgIpc) is 3.39. The second kappa shape index (κ2) is 5.81. The predicted octanol–water partition coefficient (Wildman–Crippen LogP) is 3.81. The molecule has 1 aliphatic carbocycles. The monoisotopic (exact) mass is 351 g/mol. The van der Waals surface area contributed by atoms with Gasteiger partial charge in [-0.3, -0.25) is 4.79 Å². The number of aryl methyl sites for hydroxylation is 2. The Morgan fingerprint density at radius 2 is 2.12 bits per heavy atom. The molecule has 2 aliphatic rings. The Kier molecular flexibility index (Phi) is 3.45. The van der Waals surface area contributed by atoms with Gasteiger partial charge in [-0.05, 0) is 54.0 Å². The fourth-order valence-electron chi connectivity index (χ4n) is 3.76. The number of hydrogen-bond donors (Lipinski definition) is 0. The molecule has 0 radical (unpaired) electrons. The van der Waals surface area contributed by atoms with Gasteiger partial charge in [0.05, 0.1) is 10.8 Å². The van der Waals surface area contributed by atoms with Crippen LogP contribution in [0.5, 0.6) is 0 Å². The Bertz CT molecular complexity index is 932. The largest absolute Gasteiger partial charge is 0.339 e. The first-order valence-corrected chi connectivity index (χ1v) is 9.45. The second-order valence-electron chi connectivity index (χ2n) is 6.65. The Labute approximate surface area is 149 Å². The normalized spacial score (nSPS) is 19.6. The van der Waals surface area contributed by atoms with Crippen LogP contribution in [0.15, 0.2) is 40.2 Å². The number of carbonyl (C=O) groups is 1. The van der Waals surface area contributed by atoms with Crippen molar-refractivity contribution in [2.45, 2.75) is 31.6 Å². The minimum Gasteiger partial charge on any atom is -0.339 e. The quantitative estimate of drug-likeness (QED) is 0.720. The van der Waals surface area contributed by atoms with Gasteiger partial charge in [0.15, 0.2) is 0 Å². The van der Waals surface area contributed by atoms with Crippen molar-refractivity contribution in [2.24, 2.45) is 0 Å². The van der Waals surface area contributed by atoms with E-state index >= 15 is 0 Å². The molecule has 1 aliphatic heterocycles. The number of anilines is 1. The summed E-state index contributed by atoms with van der Waals surface area (Å²) in [6.45, 7) is 0.601. The standard InChI is InChI=1S/C19H17N3O2S/c23-17-10-14(19-20-18(21-24-19)16-5-2-8-25-16)11-22(17)15-7-6-12-3-1-4-13(12)9-15/h2,5-9,14H,1,3-4,10-11H2. The molecule has 5 rings (SSSR count). The van der Waals surface area contributed by atoms with Crippen LogP contribution in [0.3, 0.4) is 0 Å². The summed E-state index contributed by atoms with van der Waals surface area (Å²) in [6, 6.07) is 10.3. The van der Waals surface area contributed by atoms with Gasteiger partial charge in [-0.1, -0.05) is 17.3 Å². The first kappa shape index (κ1) is 14.8. The smallest absolute Gasteiger partial charge is 0.232 e. The van der Waals surface area contributed by atoms with Crippen LogP contribution < -0.4 is 4.90 Å². The van der Waals surface area contributed by atoms with E-state index in [2.05, 4.69) is 28.3 Å². The van der Waals surface area contributed by atoms with Crippen LogP contribution in [0, 0.1) is 0 Å². The molecule has 1 saturated heterocycles. The van der Waals surface area contributed by atoms with Gasteiger partial charge in [0.2, 0.25) is 17.6 Å². The van der Waals surface area contributed by atoms with Gasteiger partial charge < -0.3 is 9.42 Å².